The Labute approximate surface area is 133 Å². The van der Waals surface area contributed by atoms with Crippen molar-refractivity contribution in [3.63, 3.8) is 0 Å². The number of benzene rings is 2. The molecule has 19 heavy (non-hydrogen) atoms. The number of carbonyl (C=O) groups excluding carboxylic acids is 1. The van der Waals surface area contributed by atoms with Crippen LogP contribution in [0, 0.1) is 6.92 Å². The van der Waals surface area contributed by atoms with Crippen molar-refractivity contribution in [2.45, 2.75) is 6.92 Å². The molecule has 0 bridgehead atoms. The summed E-state index contributed by atoms with van der Waals surface area (Å²) >= 11 is 12.7. The Morgan fingerprint density at radius 2 is 1.79 bits per heavy atom. The molecule has 2 rings (SSSR count). The second-order valence-corrected chi connectivity index (χ2v) is 6.25. The molecule has 0 aliphatic rings. The van der Waals surface area contributed by atoms with Crippen molar-refractivity contribution >= 4 is 55.1 Å². The lowest BCUT2D eigenvalue weighted by Crippen LogP contribution is -2.13. The van der Waals surface area contributed by atoms with Crippen LogP contribution >= 0.6 is 43.5 Å². The first-order valence-corrected chi connectivity index (χ1v) is 7.46. The van der Waals surface area contributed by atoms with E-state index >= 15 is 0 Å². The van der Waals surface area contributed by atoms with E-state index in [0.717, 1.165) is 20.2 Å². The number of hydrogen-bond acceptors (Lipinski definition) is 1. The molecule has 0 saturated heterocycles. The molecule has 0 spiro atoms. The quantitative estimate of drug-likeness (QED) is 0.712. The van der Waals surface area contributed by atoms with Crippen molar-refractivity contribution in [3.05, 3.63) is 61.5 Å². The zero-order valence-corrected chi connectivity index (χ0v) is 13.9. The highest BCUT2D eigenvalue weighted by atomic mass is 79.9. The Balaban J connectivity index is 2.26. The first kappa shape index (κ1) is 14.6. The Morgan fingerprint density at radius 3 is 2.37 bits per heavy atom. The minimum atomic E-state index is -0.164. The summed E-state index contributed by atoms with van der Waals surface area (Å²) in [6, 6.07) is 10.6. The summed E-state index contributed by atoms with van der Waals surface area (Å²) in [4.78, 5) is 12.1. The Bertz CT molecular complexity index is 603. The fourth-order valence-electron chi connectivity index (χ4n) is 1.65. The van der Waals surface area contributed by atoms with Crippen molar-refractivity contribution in [3.8, 4) is 0 Å². The zero-order valence-electron chi connectivity index (χ0n) is 10.0. The Kier molecular flexibility index (Phi) is 4.66. The van der Waals surface area contributed by atoms with E-state index in [0.29, 0.717) is 10.6 Å². The summed E-state index contributed by atoms with van der Waals surface area (Å²) in [5.74, 6) is -0.164. The molecule has 1 amide bonds. The first-order chi connectivity index (χ1) is 8.97. The second kappa shape index (κ2) is 6.07. The highest BCUT2D eigenvalue weighted by Gasteiger charge is 2.11. The maximum Gasteiger partial charge on any atom is 0.255 e. The highest BCUT2D eigenvalue weighted by molar-refractivity contribution is 9.11. The van der Waals surface area contributed by atoms with E-state index in [1.54, 1.807) is 24.3 Å². The van der Waals surface area contributed by atoms with Crippen LogP contribution in [-0.2, 0) is 0 Å². The maximum atomic E-state index is 12.1. The summed E-state index contributed by atoms with van der Waals surface area (Å²) < 4.78 is 1.79. The van der Waals surface area contributed by atoms with E-state index in [4.69, 9.17) is 11.6 Å². The van der Waals surface area contributed by atoms with E-state index < -0.39 is 0 Å². The second-order valence-electron chi connectivity index (χ2n) is 4.04. The summed E-state index contributed by atoms with van der Waals surface area (Å²) in [5, 5.41) is 3.50. The van der Waals surface area contributed by atoms with Gasteiger partial charge in [-0.2, -0.15) is 0 Å². The molecule has 0 unspecified atom stereocenters. The van der Waals surface area contributed by atoms with E-state index in [1.165, 1.54) is 0 Å². The lowest BCUT2D eigenvalue weighted by atomic mass is 10.1. The first-order valence-electron chi connectivity index (χ1n) is 5.50. The van der Waals surface area contributed by atoms with E-state index in [9.17, 15) is 4.79 Å². The van der Waals surface area contributed by atoms with Gasteiger partial charge in [0.2, 0.25) is 0 Å². The minimum Gasteiger partial charge on any atom is -0.321 e. The lowest BCUT2D eigenvalue weighted by Gasteiger charge is -2.11. The topological polar surface area (TPSA) is 29.1 Å². The third-order valence-electron chi connectivity index (χ3n) is 2.60. The van der Waals surface area contributed by atoms with Gasteiger partial charge in [-0.3, -0.25) is 4.79 Å². The van der Waals surface area contributed by atoms with Crippen LogP contribution in [0.3, 0.4) is 0 Å². The average Bonchev–Trinajstić information content (AvgIpc) is 2.34. The third kappa shape index (κ3) is 3.59. The van der Waals surface area contributed by atoms with Crippen LogP contribution in [0.4, 0.5) is 5.69 Å². The average molecular weight is 404 g/mol. The molecule has 0 fully saturated rings. The molecule has 0 aromatic heterocycles. The van der Waals surface area contributed by atoms with Crippen molar-refractivity contribution in [2.75, 3.05) is 5.32 Å². The molecule has 2 aromatic carbocycles. The van der Waals surface area contributed by atoms with Crippen LogP contribution in [-0.4, -0.2) is 5.91 Å². The monoisotopic (exact) mass is 401 g/mol. The zero-order chi connectivity index (χ0) is 14.0. The molecule has 98 valence electrons. The van der Waals surface area contributed by atoms with Gasteiger partial charge in [0.1, 0.15) is 0 Å². The van der Waals surface area contributed by atoms with Gasteiger partial charge in [0.25, 0.3) is 5.91 Å². The number of aryl methyl sites for hydroxylation is 1. The molecule has 0 atom stereocenters. The van der Waals surface area contributed by atoms with Gasteiger partial charge in [-0.25, -0.2) is 0 Å². The van der Waals surface area contributed by atoms with Crippen LogP contribution in [0.2, 0.25) is 5.02 Å². The number of amides is 1. The molecule has 2 aromatic rings. The van der Waals surface area contributed by atoms with Crippen molar-refractivity contribution < 1.29 is 4.79 Å². The SMILES string of the molecule is Cc1cc(Br)cc(Br)c1NC(=O)c1ccc(Cl)cc1. The summed E-state index contributed by atoms with van der Waals surface area (Å²) in [5.41, 5.74) is 2.31. The maximum absolute atomic E-state index is 12.1. The van der Waals surface area contributed by atoms with Crippen LogP contribution < -0.4 is 5.32 Å². The highest BCUT2D eigenvalue weighted by Crippen LogP contribution is 2.30. The van der Waals surface area contributed by atoms with Crippen molar-refractivity contribution in [1.29, 1.82) is 0 Å². The van der Waals surface area contributed by atoms with Crippen molar-refractivity contribution in [1.82, 2.24) is 0 Å². The predicted molar refractivity (Wildman–Crippen MR) is 86.0 cm³/mol. The molecule has 0 aliphatic carbocycles. The fourth-order valence-corrected chi connectivity index (χ4v) is 3.31. The molecule has 5 heteroatoms. The number of nitrogens with one attached hydrogen (secondary N) is 1. The van der Waals surface area contributed by atoms with Crippen LogP contribution in [0.25, 0.3) is 0 Å². The predicted octanol–water partition coefficient (Wildman–Crippen LogP) is 5.43. The molecule has 2 nitrogen and oxygen atoms in total. The van der Waals surface area contributed by atoms with Gasteiger partial charge in [0, 0.05) is 19.5 Å². The fraction of sp³-hybridized carbons (Fsp3) is 0.0714. The van der Waals surface area contributed by atoms with Gasteiger partial charge in [0.05, 0.1) is 5.69 Å². The molecule has 0 heterocycles. The van der Waals surface area contributed by atoms with Crippen LogP contribution in [0.15, 0.2) is 45.3 Å². The number of anilines is 1. The summed E-state index contributed by atoms with van der Waals surface area (Å²) in [7, 11) is 0. The van der Waals surface area contributed by atoms with Gasteiger partial charge >= 0.3 is 0 Å². The number of halogens is 3. The summed E-state index contributed by atoms with van der Waals surface area (Å²) in [6.45, 7) is 1.94. The van der Waals surface area contributed by atoms with Crippen LogP contribution in [0.5, 0.6) is 0 Å². The molecule has 1 N–H and O–H groups in total. The molecular formula is C14H10Br2ClNO. The number of carbonyl (C=O) groups is 1. The molecule has 0 aliphatic heterocycles. The lowest BCUT2D eigenvalue weighted by molar-refractivity contribution is 0.102. The van der Waals surface area contributed by atoms with E-state index in [2.05, 4.69) is 37.2 Å². The van der Waals surface area contributed by atoms with Gasteiger partial charge in [-0.1, -0.05) is 27.5 Å². The standard InChI is InChI=1S/C14H10Br2ClNO/c1-8-6-10(15)7-12(16)13(8)18-14(19)9-2-4-11(17)5-3-9/h2-7H,1H3,(H,18,19). The Morgan fingerprint density at radius 1 is 1.16 bits per heavy atom. The minimum absolute atomic E-state index is 0.164. The number of rotatable bonds is 2. The number of hydrogen-bond donors (Lipinski definition) is 1. The van der Waals surface area contributed by atoms with E-state index in [1.807, 2.05) is 19.1 Å². The van der Waals surface area contributed by atoms with Gasteiger partial charge < -0.3 is 5.32 Å². The largest absolute Gasteiger partial charge is 0.321 e. The summed E-state index contributed by atoms with van der Waals surface area (Å²) in [6.07, 6.45) is 0. The van der Waals surface area contributed by atoms with Gasteiger partial charge in [-0.05, 0) is 64.8 Å². The Hall–Kier alpha value is -0.840. The molecule has 0 radical (unpaired) electrons. The van der Waals surface area contributed by atoms with Gasteiger partial charge in [0.15, 0.2) is 0 Å². The normalized spacial score (nSPS) is 10.3. The van der Waals surface area contributed by atoms with Crippen molar-refractivity contribution in [2.24, 2.45) is 0 Å². The van der Waals surface area contributed by atoms with E-state index in [-0.39, 0.29) is 5.91 Å². The smallest absolute Gasteiger partial charge is 0.255 e. The van der Waals surface area contributed by atoms with Gasteiger partial charge in [-0.15, -0.1) is 0 Å². The third-order valence-corrected chi connectivity index (χ3v) is 3.93. The molecule has 0 saturated carbocycles. The van der Waals surface area contributed by atoms with Crippen LogP contribution in [0.1, 0.15) is 15.9 Å². The molecular weight excluding hydrogens is 393 g/mol.